The van der Waals surface area contributed by atoms with E-state index in [9.17, 15) is 10.1 Å². The lowest BCUT2D eigenvalue weighted by molar-refractivity contribution is -0.131. The fourth-order valence-electron chi connectivity index (χ4n) is 4.77. The smallest absolute Gasteiger partial charge is 0.328 e. The van der Waals surface area contributed by atoms with E-state index in [0.717, 1.165) is 39.6 Å². The zero-order chi connectivity index (χ0) is 24.2. The third-order valence-electron chi connectivity index (χ3n) is 6.69. The molecule has 1 N–H and O–H groups in total. The van der Waals surface area contributed by atoms with Crippen LogP contribution in [0.15, 0.2) is 71.6 Å². The van der Waals surface area contributed by atoms with E-state index in [1.165, 1.54) is 33.6 Å². The highest BCUT2D eigenvalue weighted by molar-refractivity contribution is 7.10. The van der Waals surface area contributed by atoms with Gasteiger partial charge in [-0.2, -0.15) is 5.26 Å². The van der Waals surface area contributed by atoms with Crippen molar-refractivity contribution in [1.82, 2.24) is 0 Å². The number of thiophene rings is 1. The van der Waals surface area contributed by atoms with E-state index in [-0.39, 0.29) is 0 Å². The number of fused-ring (bicyclic) bond motifs is 1. The average molecular weight is 466 g/mol. The Morgan fingerprint density at radius 1 is 1.09 bits per heavy atom. The van der Waals surface area contributed by atoms with Crippen LogP contribution in [0.4, 0.5) is 0 Å². The average Bonchev–Trinajstić information content (AvgIpc) is 3.32. The molecule has 1 aliphatic carbocycles. The van der Waals surface area contributed by atoms with Gasteiger partial charge < -0.3 is 5.11 Å². The van der Waals surface area contributed by atoms with Gasteiger partial charge in [0.2, 0.25) is 0 Å². The summed E-state index contributed by atoms with van der Waals surface area (Å²) in [6, 6.07) is 21.0. The molecule has 34 heavy (non-hydrogen) atoms. The van der Waals surface area contributed by atoms with Crippen molar-refractivity contribution in [3.8, 4) is 6.07 Å². The number of benzene rings is 2. The van der Waals surface area contributed by atoms with Crippen molar-refractivity contribution < 1.29 is 9.90 Å². The molecule has 0 fully saturated rings. The number of hydrogen-bond donors (Lipinski definition) is 1. The SMILES string of the molecule is CC/C(=C(\C1=Cc2ccccc2[C@@H](C)C1C)c1ccc(/C=C/C(=O)O)cc1)c1ccsc1C#N. The van der Waals surface area contributed by atoms with Crippen molar-refractivity contribution in [3.05, 3.63) is 104 Å². The summed E-state index contributed by atoms with van der Waals surface area (Å²) in [5.41, 5.74) is 9.11. The second-order valence-corrected chi connectivity index (χ2v) is 9.50. The Bertz CT molecular complexity index is 1350. The number of carboxylic acid groups (broad SMARTS) is 1. The van der Waals surface area contributed by atoms with E-state index < -0.39 is 5.97 Å². The zero-order valence-corrected chi connectivity index (χ0v) is 20.4. The van der Waals surface area contributed by atoms with E-state index >= 15 is 0 Å². The molecule has 1 heterocycles. The summed E-state index contributed by atoms with van der Waals surface area (Å²) in [5.74, 6) is -0.310. The molecule has 4 rings (SSSR count). The zero-order valence-electron chi connectivity index (χ0n) is 19.6. The van der Waals surface area contributed by atoms with Crippen LogP contribution in [0.1, 0.15) is 65.8 Å². The molecule has 0 amide bonds. The van der Waals surface area contributed by atoms with Crippen LogP contribution in [0.5, 0.6) is 0 Å². The predicted octanol–water partition coefficient (Wildman–Crippen LogP) is 7.88. The second kappa shape index (κ2) is 10.1. The van der Waals surface area contributed by atoms with Gasteiger partial charge in [0.25, 0.3) is 0 Å². The molecule has 1 aromatic heterocycles. The van der Waals surface area contributed by atoms with Crippen LogP contribution in [-0.2, 0) is 4.79 Å². The highest BCUT2D eigenvalue weighted by atomic mass is 32.1. The van der Waals surface area contributed by atoms with Crippen molar-refractivity contribution >= 4 is 40.6 Å². The van der Waals surface area contributed by atoms with Gasteiger partial charge in [-0.1, -0.05) is 75.4 Å². The van der Waals surface area contributed by atoms with Crippen molar-refractivity contribution in [3.63, 3.8) is 0 Å². The fraction of sp³-hybridized carbons (Fsp3) is 0.200. The Morgan fingerprint density at radius 3 is 2.50 bits per heavy atom. The van der Waals surface area contributed by atoms with Gasteiger partial charge in [-0.15, -0.1) is 11.3 Å². The van der Waals surface area contributed by atoms with Crippen LogP contribution in [0.2, 0.25) is 0 Å². The molecule has 1 aliphatic rings. The Kier molecular flexibility index (Phi) is 6.95. The molecule has 0 aliphatic heterocycles. The minimum Gasteiger partial charge on any atom is -0.478 e. The molecule has 4 heteroatoms. The first-order chi connectivity index (χ1) is 16.4. The molecule has 170 valence electrons. The third-order valence-corrected chi connectivity index (χ3v) is 7.51. The quantitative estimate of drug-likeness (QED) is 0.377. The van der Waals surface area contributed by atoms with Crippen LogP contribution in [0.3, 0.4) is 0 Å². The Labute approximate surface area is 205 Å². The lowest BCUT2D eigenvalue weighted by Crippen LogP contribution is -2.16. The first-order valence-corrected chi connectivity index (χ1v) is 12.4. The van der Waals surface area contributed by atoms with Crippen LogP contribution in [-0.4, -0.2) is 11.1 Å². The van der Waals surface area contributed by atoms with E-state index in [0.29, 0.717) is 11.8 Å². The topological polar surface area (TPSA) is 61.1 Å². The first-order valence-electron chi connectivity index (χ1n) is 11.5. The van der Waals surface area contributed by atoms with Gasteiger partial charge in [-0.3, -0.25) is 0 Å². The summed E-state index contributed by atoms with van der Waals surface area (Å²) < 4.78 is 0. The third kappa shape index (κ3) is 4.53. The summed E-state index contributed by atoms with van der Waals surface area (Å²) in [7, 11) is 0. The van der Waals surface area contributed by atoms with E-state index in [4.69, 9.17) is 5.11 Å². The fourth-order valence-corrected chi connectivity index (χ4v) is 5.48. The number of carbonyl (C=O) groups is 1. The van der Waals surface area contributed by atoms with Crippen LogP contribution in [0.25, 0.3) is 23.3 Å². The van der Waals surface area contributed by atoms with Crippen LogP contribution in [0, 0.1) is 17.2 Å². The summed E-state index contributed by atoms with van der Waals surface area (Å²) in [6.45, 7) is 6.71. The summed E-state index contributed by atoms with van der Waals surface area (Å²) in [5, 5.41) is 20.7. The van der Waals surface area contributed by atoms with Crippen molar-refractivity contribution in [1.29, 1.82) is 5.26 Å². The van der Waals surface area contributed by atoms with Gasteiger partial charge in [0.15, 0.2) is 0 Å². The highest BCUT2D eigenvalue weighted by Crippen LogP contribution is 2.47. The van der Waals surface area contributed by atoms with Gasteiger partial charge in [0.1, 0.15) is 10.9 Å². The number of nitrogens with zero attached hydrogens (tertiary/aromatic N) is 1. The Hall–Kier alpha value is -3.68. The van der Waals surface area contributed by atoms with Gasteiger partial charge >= 0.3 is 5.97 Å². The molecular formula is C30H27NO2S. The molecule has 3 aromatic rings. The van der Waals surface area contributed by atoms with Crippen molar-refractivity contribution in [2.75, 3.05) is 0 Å². The molecule has 2 aromatic carbocycles. The normalized spacial score (nSPS) is 18.1. The molecule has 3 nitrogen and oxygen atoms in total. The van der Waals surface area contributed by atoms with Gasteiger partial charge in [0, 0.05) is 11.6 Å². The summed E-state index contributed by atoms with van der Waals surface area (Å²) in [4.78, 5) is 11.6. The number of hydrogen-bond acceptors (Lipinski definition) is 3. The number of allylic oxidation sites excluding steroid dienone is 3. The second-order valence-electron chi connectivity index (χ2n) is 8.58. The molecule has 0 spiro atoms. The van der Waals surface area contributed by atoms with Gasteiger partial charge in [-0.25, -0.2) is 4.79 Å². The summed E-state index contributed by atoms with van der Waals surface area (Å²) in [6.07, 6.45) is 5.85. The Morgan fingerprint density at radius 2 is 1.82 bits per heavy atom. The maximum absolute atomic E-state index is 10.9. The number of carboxylic acids is 1. The van der Waals surface area contributed by atoms with E-state index in [1.54, 1.807) is 6.08 Å². The molecule has 0 bridgehead atoms. The number of nitriles is 1. The minimum atomic E-state index is -0.965. The molecule has 2 atom stereocenters. The molecule has 0 saturated heterocycles. The van der Waals surface area contributed by atoms with Gasteiger partial charge in [-0.05, 0) is 74.8 Å². The Balaban J connectivity index is 1.96. The van der Waals surface area contributed by atoms with E-state index in [2.05, 4.69) is 75.4 Å². The van der Waals surface area contributed by atoms with E-state index in [1.807, 2.05) is 17.5 Å². The minimum absolute atomic E-state index is 0.294. The lowest BCUT2D eigenvalue weighted by atomic mass is 9.72. The van der Waals surface area contributed by atoms with Crippen LogP contribution >= 0.6 is 11.3 Å². The molecule has 0 radical (unpaired) electrons. The highest BCUT2D eigenvalue weighted by Gasteiger charge is 2.29. The maximum atomic E-state index is 10.9. The maximum Gasteiger partial charge on any atom is 0.328 e. The number of rotatable bonds is 6. The monoisotopic (exact) mass is 465 g/mol. The molecule has 1 unspecified atom stereocenters. The first kappa shape index (κ1) is 23.5. The molecule has 0 saturated carbocycles. The van der Waals surface area contributed by atoms with Crippen molar-refractivity contribution in [2.24, 2.45) is 5.92 Å². The van der Waals surface area contributed by atoms with Crippen molar-refractivity contribution in [2.45, 2.75) is 33.1 Å². The van der Waals surface area contributed by atoms with Gasteiger partial charge in [0.05, 0.1) is 0 Å². The summed E-state index contributed by atoms with van der Waals surface area (Å²) >= 11 is 1.47. The standard InChI is InChI=1S/C30H27NO2S/c1-4-24(26-15-16-34-28(26)18-31)30(22-12-9-21(10-13-22)11-14-29(32)33)27-17-23-7-5-6-8-25(23)19(2)20(27)3/h5-17,19-20H,4H2,1-3H3,(H,32,33)/b14-11+,30-24+/t19-,20?/m0/s1. The largest absolute Gasteiger partial charge is 0.478 e. The lowest BCUT2D eigenvalue weighted by Gasteiger charge is -2.32. The predicted molar refractivity (Wildman–Crippen MR) is 141 cm³/mol. The molecular weight excluding hydrogens is 438 g/mol. The van der Waals surface area contributed by atoms with Crippen LogP contribution < -0.4 is 0 Å². The number of aliphatic carboxylic acids is 1.